The summed E-state index contributed by atoms with van der Waals surface area (Å²) in [5.41, 5.74) is 1.05. The van der Waals surface area contributed by atoms with E-state index in [1.165, 1.54) is 4.90 Å². The summed E-state index contributed by atoms with van der Waals surface area (Å²) in [4.78, 5) is 25.1. The SMILES string of the molecule is O=C1c2ccccc2C(=O)N1CCCCS. The maximum atomic E-state index is 11.9. The van der Waals surface area contributed by atoms with Gasteiger partial charge >= 0.3 is 0 Å². The molecule has 0 saturated carbocycles. The van der Waals surface area contributed by atoms with Gasteiger partial charge in [0.15, 0.2) is 0 Å². The van der Waals surface area contributed by atoms with Crippen molar-refractivity contribution in [2.24, 2.45) is 0 Å². The molecule has 0 unspecified atom stereocenters. The molecule has 0 spiro atoms. The molecule has 0 aliphatic carbocycles. The van der Waals surface area contributed by atoms with Crippen LogP contribution in [-0.4, -0.2) is 29.0 Å². The zero-order valence-electron chi connectivity index (χ0n) is 8.85. The maximum Gasteiger partial charge on any atom is 0.261 e. The third-order valence-corrected chi connectivity index (χ3v) is 2.98. The molecule has 16 heavy (non-hydrogen) atoms. The molecule has 0 bridgehead atoms. The van der Waals surface area contributed by atoms with E-state index in [4.69, 9.17) is 0 Å². The van der Waals surface area contributed by atoms with Crippen LogP contribution in [0.3, 0.4) is 0 Å². The monoisotopic (exact) mass is 235 g/mol. The van der Waals surface area contributed by atoms with E-state index >= 15 is 0 Å². The van der Waals surface area contributed by atoms with Gasteiger partial charge in [0.05, 0.1) is 11.1 Å². The largest absolute Gasteiger partial charge is 0.274 e. The van der Waals surface area contributed by atoms with Gasteiger partial charge in [0.25, 0.3) is 11.8 Å². The van der Waals surface area contributed by atoms with Gasteiger partial charge in [-0.3, -0.25) is 14.5 Å². The highest BCUT2D eigenvalue weighted by Crippen LogP contribution is 2.22. The van der Waals surface area contributed by atoms with Gasteiger partial charge in [-0.25, -0.2) is 0 Å². The molecule has 0 fully saturated rings. The number of carbonyl (C=O) groups is 2. The van der Waals surface area contributed by atoms with E-state index in [-0.39, 0.29) is 11.8 Å². The number of carbonyl (C=O) groups excluding carboxylic acids is 2. The molecule has 2 rings (SSSR count). The van der Waals surface area contributed by atoms with Gasteiger partial charge in [0, 0.05) is 6.54 Å². The first-order valence-corrected chi connectivity index (χ1v) is 5.95. The summed E-state index contributed by atoms with van der Waals surface area (Å²) in [6, 6.07) is 6.96. The average Bonchev–Trinajstić information content (AvgIpc) is 2.55. The molecule has 0 N–H and O–H groups in total. The lowest BCUT2D eigenvalue weighted by Gasteiger charge is -2.12. The van der Waals surface area contributed by atoms with Crippen LogP contribution in [0.1, 0.15) is 33.6 Å². The van der Waals surface area contributed by atoms with Gasteiger partial charge in [-0.1, -0.05) is 12.1 Å². The van der Waals surface area contributed by atoms with Crippen molar-refractivity contribution in [2.75, 3.05) is 12.3 Å². The Labute approximate surface area is 99.9 Å². The van der Waals surface area contributed by atoms with Crippen molar-refractivity contribution in [3.05, 3.63) is 35.4 Å². The van der Waals surface area contributed by atoms with E-state index in [1.807, 2.05) is 0 Å². The van der Waals surface area contributed by atoms with Gasteiger partial charge in [0.2, 0.25) is 0 Å². The first kappa shape index (κ1) is 11.2. The van der Waals surface area contributed by atoms with Crippen LogP contribution < -0.4 is 0 Å². The summed E-state index contributed by atoms with van der Waals surface area (Å²) in [6.45, 7) is 0.493. The molecule has 0 atom stereocenters. The third kappa shape index (κ3) is 1.85. The Morgan fingerprint density at radius 3 is 2.06 bits per heavy atom. The van der Waals surface area contributed by atoms with Gasteiger partial charge in [-0.15, -0.1) is 0 Å². The topological polar surface area (TPSA) is 37.4 Å². The van der Waals surface area contributed by atoms with Crippen LogP contribution in [0.15, 0.2) is 24.3 Å². The number of unbranched alkanes of at least 4 members (excludes halogenated alkanes) is 1. The van der Waals surface area contributed by atoms with E-state index in [0.29, 0.717) is 17.7 Å². The number of amides is 2. The average molecular weight is 235 g/mol. The predicted molar refractivity (Wildman–Crippen MR) is 64.9 cm³/mol. The Balaban J connectivity index is 2.15. The van der Waals surface area contributed by atoms with Crippen molar-refractivity contribution in [2.45, 2.75) is 12.8 Å². The summed E-state index contributed by atoms with van der Waals surface area (Å²) >= 11 is 4.10. The van der Waals surface area contributed by atoms with Crippen LogP contribution >= 0.6 is 12.6 Å². The van der Waals surface area contributed by atoms with Crippen molar-refractivity contribution in [1.29, 1.82) is 0 Å². The second-order valence-electron chi connectivity index (χ2n) is 3.74. The van der Waals surface area contributed by atoms with E-state index in [9.17, 15) is 9.59 Å². The predicted octanol–water partition coefficient (Wildman–Crippen LogP) is 1.99. The summed E-state index contributed by atoms with van der Waals surface area (Å²) in [5, 5.41) is 0. The molecule has 0 aromatic heterocycles. The second kappa shape index (κ2) is 4.70. The zero-order chi connectivity index (χ0) is 11.5. The molecule has 1 aliphatic rings. The first-order chi connectivity index (χ1) is 7.75. The molecule has 3 nitrogen and oxygen atoms in total. The highest BCUT2D eigenvalue weighted by Gasteiger charge is 2.34. The van der Waals surface area contributed by atoms with E-state index < -0.39 is 0 Å². The highest BCUT2D eigenvalue weighted by atomic mass is 32.1. The smallest absolute Gasteiger partial charge is 0.261 e. The maximum absolute atomic E-state index is 11.9. The Hall–Kier alpha value is -1.29. The summed E-state index contributed by atoms with van der Waals surface area (Å²) < 4.78 is 0. The minimum absolute atomic E-state index is 0.167. The summed E-state index contributed by atoms with van der Waals surface area (Å²) in [5.74, 6) is 0.447. The number of imide groups is 1. The Morgan fingerprint density at radius 2 is 1.56 bits per heavy atom. The van der Waals surface area contributed by atoms with Crippen LogP contribution in [0.5, 0.6) is 0 Å². The van der Waals surface area contributed by atoms with Crippen LogP contribution in [0.25, 0.3) is 0 Å². The number of hydrogen-bond acceptors (Lipinski definition) is 3. The van der Waals surface area contributed by atoms with Crippen molar-refractivity contribution >= 4 is 24.4 Å². The number of fused-ring (bicyclic) bond motifs is 1. The normalized spacial score (nSPS) is 14.4. The van der Waals surface area contributed by atoms with E-state index in [0.717, 1.165) is 18.6 Å². The molecule has 1 heterocycles. The molecule has 1 aliphatic heterocycles. The number of benzene rings is 1. The molecule has 0 saturated heterocycles. The summed E-state index contributed by atoms with van der Waals surface area (Å²) in [6.07, 6.45) is 1.73. The number of thiol groups is 1. The van der Waals surface area contributed by atoms with Gasteiger partial charge < -0.3 is 0 Å². The molecule has 0 radical (unpaired) electrons. The Bertz CT molecular complexity index is 396. The number of nitrogens with zero attached hydrogens (tertiary/aromatic N) is 1. The molecular formula is C12H13NO2S. The fraction of sp³-hybridized carbons (Fsp3) is 0.333. The zero-order valence-corrected chi connectivity index (χ0v) is 9.74. The standard InChI is InChI=1S/C12H13NO2S/c14-11-9-5-1-2-6-10(9)12(15)13(11)7-3-4-8-16/h1-2,5-6,16H,3-4,7-8H2. The summed E-state index contributed by atoms with van der Waals surface area (Å²) in [7, 11) is 0. The van der Waals surface area contributed by atoms with Gasteiger partial charge in [-0.2, -0.15) is 12.6 Å². The lowest BCUT2D eigenvalue weighted by atomic mass is 10.1. The molecule has 4 heteroatoms. The fourth-order valence-electron chi connectivity index (χ4n) is 1.82. The Kier molecular flexibility index (Phi) is 3.29. The number of rotatable bonds is 4. The van der Waals surface area contributed by atoms with E-state index in [1.54, 1.807) is 24.3 Å². The van der Waals surface area contributed by atoms with E-state index in [2.05, 4.69) is 12.6 Å². The molecule has 1 aromatic carbocycles. The third-order valence-electron chi connectivity index (χ3n) is 2.67. The minimum atomic E-state index is -0.167. The van der Waals surface area contributed by atoms with Crippen molar-refractivity contribution in [1.82, 2.24) is 4.90 Å². The second-order valence-corrected chi connectivity index (χ2v) is 4.19. The van der Waals surface area contributed by atoms with Crippen molar-refractivity contribution < 1.29 is 9.59 Å². The van der Waals surface area contributed by atoms with Gasteiger partial charge in [-0.05, 0) is 30.7 Å². The molecule has 2 amide bonds. The number of hydrogen-bond donors (Lipinski definition) is 1. The van der Waals surface area contributed by atoms with Crippen molar-refractivity contribution in [3.63, 3.8) is 0 Å². The fourth-order valence-corrected chi connectivity index (χ4v) is 2.05. The molecule has 84 valence electrons. The van der Waals surface area contributed by atoms with Crippen LogP contribution in [0, 0.1) is 0 Å². The quantitative estimate of drug-likeness (QED) is 0.492. The minimum Gasteiger partial charge on any atom is -0.274 e. The molecule has 1 aromatic rings. The lowest BCUT2D eigenvalue weighted by molar-refractivity contribution is 0.0652. The first-order valence-electron chi connectivity index (χ1n) is 5.32. The highest BCUT2D eigenvalue weighted by molar-refractivity contribution is 7.80. The Morgan fingerprint density at radius 1 is 1.00 bits per heavy atom. The lowest BCUT2D eigenvalue weighted by Crippen LogP contribution is -2.30. The van der Waals surface area contributed by atoms with Crippen LogP contribution in [-0.2, 0) is 0 Å². The molecular weight excluding hydrogens is 222 g/mol. The van der Waals surface area contributed by atoms with Gasteiger partial charge in [0.1, 0.15) is 0 Å². The van der Waals surface area contributed by atoms with Crippen LogP contribution in [0.4, 0.5) is 0 Å². The van der Waals surface area contributed by atoms with Crippen molar-refractivity contribution in [3.8, 4) is 0 Å². The van der Waals surface area contributed by atoms with Crippen LogP contribution in [0.2, 0.25) is 0 Å².